The zero-order valence-corrected chi connectivity index (χ0v) is 16.1. The van der Waals surface area contributed by atoms with E-state index in [2.05, 4.69) is 19.8 Å². The molecule has 2 aliphatic heterocycles. The summed E-state index contributed by atoms with van der Waals surface area (Å²) in [5.41, 5.74) is -0.280. The van der Waals surface area contributed by atoms with Crippen LogP contribution in [0, 0.1) is 5.41 Å². The van der Waals surface area contributed by atoms with Crippen molar-refractivity contribution in [1.82, 2.24) is 14.9 Å². The maximum atomic E-state index is 13.3. The number of aliphatic hydroxyl groups is 1. The number of anilines is 1. The highest BCUT2D eigenvalue weighted by atomic mass is 19.4. The van der Waals surface area contributed by atoms with E-state index in [1.165, 1.54) is 6.07 Å². The maximum absolute atomic E-state index is 13.3. The van der Waals surface area contributed by atoms with Crippen LogP contribution in [0.2, 0.25) is 0 Å². The molecule has 8 heteroatoms. The van der Waals surface area contributed by atoms with Gasteiger partial charge in [0, 0.05) is 32.0 Å². The summed E-state index contributed by atoms with van der Waals surface area (Å²) in [7, 11) is 0. The summed E-state index contributed by atoms with van der Waals surface area (Å²) in [6, 6.07) is 5.80. The fourth-order valence-corrected chi connectivity index (χ4v) is 4.71. The molecule has 0 bridgehead atoms. The van der Waals surface area contributed by atoms with Crippen LogP contribution in [0.5, 0.6) is 0 Å². The Morgan fingerprint density at radius 2 is 1.90 bits per heavy atom. The molecule has 1 N–H and O–H groups in total. The smallest absolute Gasteiger partial charge is 0.391 e. The van der Waals surface area contributed by atoms with E-state index >= 15 is 0 Å². The van der Waals surface area contributed by atoms with Gasteiger partial charge >= 0.3 is 6.18 Å². The SMILES string of the molecule is OC1CN(c2cnccn2)CC2(CCN(Cc3ccccc3C(F)(F)F)CC2)C1. The molecule has 2 fully saturated rings. The van der Waals surface area contributed by atoms with E-state index in [1.807, 2.05) is 0 Å². The standard InChI is InChI=1S/C21H25F3N4O/c22-21(23,24)18-4-2-1-3-16(18)13-27-9-5-20(6-10-27)11-17(29)14-28(15-20)19-12-25-7-8-26-19/h1-4,7-8,12,17,29H,5-6,9-11,13-15H2. The van der Waals surface area contributed by atoms with Crippen molar-refractivity contribution in [2.24, 2.45) is 5.41 Å². The molecule has 2 aromatic rings. The second kappa shape index (κ2) is 7.91. The maximum Gasteiger partial charge on any atom is 0.416 e. The van der Waals surface area contributed by atoms with E-state index in [1.54, 1.807) is 30.7 Å². The summed E-state index contributed by atoms with van der Waals surface area (Å²) in [6.45, 7) is 3.04. The van der Waals surface area contributed by atoms with E-state index in [-0.39, 0.29) is 5.41 Å². The highest BCUT2D eigenvalue weighted by Gasteiger charge is 2.42. The van der Waals surface area contributed by atoms with E-state index < -0.39 is 17.8 Å². The number of halogens is 3. The zero-order valence-electron chi connectivity index (χ0n) is 16.1. The second-order valence-electron chi connectivity index (χ2n) is 8.23. The Morgan fingerprint density at radius 1 is 1.14 bits per heavy atom. The van der Waals surface area contributed by atoms with Crippen molar-refractivity contribution in [3.05, 3.63) is 54.0 Å². The number of β-amino-alcohol motifs (C(OH)–C–C–N with tert-alkyl or cyclic N) is 1. The van der Waals surface area contributed by atoms with Crippen LogP contribution in [0.3, 0.4) is 0 Å². The quantitative estimate of drug-likeness (QED) is 0.847. The van der Waals surface area contributed by atoms with Gasteiger partial charge in [0.05, 0.1) is 17.9 Å². The minimum atomic E-state index is -4.34. The Bertz CT molecular complexity index is 822. The van der Waals surface area contributed by atoms with Gasteiger partial charge in [0.1, 0.15) is 5.82 Å². The first-order chi connectivity index (χ1) is 13.8. The van der Waals surface area contributed by atoms with Crippen LogP contribution in [-0.4, -0.2) is 52.3 Å². The van der Waals surface area contributed by atoms with Gasteiger partial charge in [-0.05, 0) is 49.4 Å². The summed E-state index contributed by atoms with van der Waals surface area (Å²) < 4.78 is 39.8. The van der Waals surface area contributed by atoms with Crippen LogP contribution in [0.1, 0.15) is 30.4 Å². The number of benzene rings is 1. The summed E-state index contributed by atoms with van der Waals surface area (Å²) in [5.74, 6) is 0.757. The first-order valence-electron chi connectivity index (χ1n) is 9.91. The number of aliphatic hydroxyl groups excluding tert-OH is 1. The highest BCUT2D eigenvalue weighted by molar-refractivity contribution is 5.37. The molecular weight excluding hydrogens is 381 g/mol. The molecule has 1 unspecified atom stereocenters. The molecule has 156 valence electrons. The zero-order chi connectivity index (χ0) is 20.5. The normalized spacial score (nSPS) is 22.8. The van der Waals surface area contributed by atoms with Crippen LogP contribution in [-0.2, 0) is 12.7 Å². The fraction of sp³-hybridized carbons (Fsp3) is 0.524. The van der Waals surface area contributed by atoms with Gasteiger partial charge in [-0.1, -0.05) is 18.2 Å². The molecule has 0 radical (unpaired) electrons. The van der Waals surface area contributed by atoms with Gasteiger partial charge in [-0.25, -0.2) is 4.98 Å². The molecule has 4 rings (SSSR count). The van der Waals surface area contributed by atoms with Gasteiger partial charge < -0.3 is 10.0 Å². The molecule has 1 spiro atoms. The second-order valence-corrected chi connectivity index (χ2v) is 8.23. The third-order valence-electron chi connectivity index (χ3n) is 6.13. The van der Waals surface area contributed by atoms with Crippen molar-refractivity contribution in [3.8, 4) is 0 Å². The van der Waals surface area contributed by atoms with Crippen LogP contribution in [0.25, 0.3) is 0 Å². The minimum absolute atomic E-state index is 0.0464. The molecule has 2 aliphatic rings. The van der Waals surface area contributed by atoms with Gasteiger partial charge in [0.25, 0.3) is 0 Å². The topological polar surface area (TPSA) is 52.5 Å². The Morgan fingerprint density at radius 3 is 2.59 bits per heavy atom. The number of hydrogen-bond donors (Lipinski definition) is 1. The molecule has 3 heterocycles. The number of hydrogen-bond acceptors (Lipinski definition) is 5. The summed E-state index contributed by atoms with van der Waals surface area (Å²) in [5, 5.41) is 10.5. The molecule has 5 nitrogen and oxygen atoms in total. The number of aromatic nitrogens is 2. The minimum Gasteiger partial charge on any atom is -0.391 e. The lowest BCUT2D eigenvalue weighted by atomic mass is 9.71. The summed E-state index contributed by atoms with van der Waals surface area (Å²) in [6.07, 6.45) is 2.59. The molecular formula is C21H25F3N4O. The van der Waals surface area contributed by atoms with Crippen molar-refractivity contribution in [2.75, 3.05) is 31.1 Å². The van der Waals surface area contributed by atoms with Crippen molar-refractivity contribution in [3.63, 3.8) is 0 Å². The molecule has 1 aromatic carbocycles. The van der Waals surface area contributed by atoms with Crippen molar-refractivity contribution >= 4 is 5.82 Å². The molecule has 29 heavy (non-hydrogen) atoms. The number of rotatable bonds is 3. The average molecular weight is 406 g/mol. The lowest BCUT2D eigenvalue weighted by Gasteiger charge is -2.49. The van der Waals surface area contributed by atoms with Crippen LogP contribution in [0.15, 0.2) is 42.9 Å². The van der Waals surface area contributed by atoms with Crippen LogP contribution < -0.4 is 4.90 Å². The van der Waals surface area contributed by atoms with Gasteiger partial charge in [-0.15, -0.1) is 0 Å². The Hall–Kier alpha value is -2.19. The number of alkyl halides is 3. The van der Waals surface area contributed by atoms with E-state index in [9.17, 15) is 18.3 Å². The predicted octanol–water partition coefficient (Wildman–Crippen LogP) is 3.35. The van der Waals surface area contributed by atoms with E-state index in [0.29, 0.717) is 31.7 Å². The lowest BCUT2D eigenvalue weighted by Crippen LogP contribution is -2.54. The van der Waals surface area contributed by atoms with Crippen molar-refractivity contribution < 1.29 is 18.3 Å². The van der Waals surface area contributed by atoms with Gasteiger partial charge in [-0.2, -0.15) is 13.2 Å². The molecule has 2 saturated heterocycles. The summed E-state index contributed by atoms with van der Waals surface area (Å²) >= 11 is 0. The van der Waals surface area contributed by atoms with Gasteiger partial charge in [-0.3, -0.25) is 9.88 Å². The molecule has 1 atom stereocenters. The van der Waals surface area contributed by atoms with E-state index in [0.717, 1.165) is 37.7 Å². The Balaban J connectivity index is 1.43. The fourth-order valence-electron chi connectivity index (χ4n) is 4.71. The van der Waals surface area contributed by atoms with Gasteiger partial charge in [0.2, 0.25) is 0 Å². The number of likely N-dealkylation sites (tertiary alicyclic amines) is 1. The van der Waals surface area contributed by atoms with Crippen molar-refractivity contribution in [1.29, 1.82) is 0 Å². The van der Waals surface area contributed by atoms with E-state index in [4.69, 9.17) is 0 Å². The third kappa shape index (κ3) is 4.53. The number of nitrogens with zero attached hydrogens (tertiary/aromatic N) is 4. The van der Waals surface area contributed by atoms with Crippen molar-refractivity contribution in [2.45, 2.75) is 38.1 Å². The number of piperidine rings is 2. The molecule has 0 amide bonds. The van der Waals surface area contributed by atoms with Gasteiger partial charge in [0.15, 0.2) is 0 Å². The first-order valence-corrected chi connectivity index (χ1v) is 9.91. The predicted molar refractivity (Wildman–Crippen MR) is 103 cm³/mol. The lowest BCUT2D eigenvalue weighted by molar-refractivity contribution is -0.138. The Kier molecular flexibility index (Phi) is 5.48. The first kappa shape index (κ1) is 20.1. The van der Waals surface area contributed by atoms with Crippen LogP contribution >= 0.6 is 0 Å². The average Bonchev–Trinajstić information content (AvgIpc) is 2.70. The summed E-state index contributed by atoms with van der Waals surface area (Å²) in [4.78, 5) is 12.6. The molecule has 1 aromatic heterocycles. The highest BCUT2D eigenvalue weighted by Crippen LogP contribution is 2.41. The largest absolute Gasteiger partial charge is 0.416 e. The Labute approximate surface area is 168 Å². The molecule has 0 aliphatic carbocycles. The van der Waals surface area contributed by atoms with Crippen LogP contribution in [0.4, 0.5) is 19.0 Å². The monoisotopic (exact) mass is 406 g/mol. The third-order valence-corrected chi connectivity index (χ3v) is 6.13. The molecule has 0 saturated carbocycles.